The van der Waals surface area contributed by atoms with Gasteiger partial charge in [0.05, 0.1) is 0 Å². The second-order valence-corrected chi connectivity index (χ2v) is 4.69. The van der Waals surface area contributed by atoms with Crippen LogP contribution in [0.25, 0.3) is 11.1 Å². The smallest absolute Gasteiger partial charge is 0.357 e. The molecule has 0 atom stereocenters. The van der Waals surface area contributed by atoms with Crippen LogP contribution in [0.15, 0.2) is 24.3 Å². The van der Waals surface area contributed by atoms with Crippen molar-refractivity contribution in [1.29, 1.82) is 0 Å². The summed E-state index contributed by atoms with van der Waals surface area (Å²) in [5.74, 6) is -1.01. The number of fused-ring (bicyclic) bond motifs is 1. The van der Waals surface area contributed by atoms with Crippen molar-refractivity contribution < 1.29 is 9.90 Å². The first-order valence-corrected chi connectivity index (χ1v) is 6.14. The molecular formula is C13H11ClN2O2. The molecule has 0 amide bonds. The molecule has 1 aromatic heterocycles. The first kappa shape index (κ1) is 11.3. The monoisotopic (exact) mass is 262 g/mol. The summed E-state index contributed by atoms with van der Waals surface area (Å²) in [6, 6.07) is 7.29. The quantitative estimate of drug-likeness (QED) is 0.905. The number of benzene rings is 1. The van der Waals surface area contributed by atoms with Crippen LogP contribution < -0.4 is 0 Å². The lowest BCUT2D eigenvalue weighted by Gasteiger charge is -2.04. The number of hydrogen-bond donors (Lipinski definition) is 1. The van der Waals surface area contributed by atoms with Crippen LogP contribution in [0.3, 0.4) is 0 Å². The lowest BCUT2D eigenvalue weighted by Crippen LogP contribution is -2.02. The van der Waals surface area contributed by atoms with Gasteiger partial charge in [-0.2, -0.15) is 5.10 Å². The van der Waals surface area contributed by atoms with Gasteiger partial charge in [-0.1, -0.05) is 29.8 Å². The van der Waals surface area contributed by atoms with Crippen molar-refractivity contribution >= 4 is 17.6 Å². The number of rotatable bonds is 2. The van der Waals surface area contributed by atoms with E-state index in [1.165, 1.54) is 0 Å². The minimum atomic E-state index is -1.01. The molecule has 2 heterocycles. The third-order valence-electron chi connectivity index (χ3n) is 3.19. The zero-order valence-corrected chi connectivity index (χ0v) is 10.3. The van der Waals surface area contributed by atoms with Gasteiger partial charge in [-0.25, -0.2) is 4.79 Å². The van der Waals surface area contributed by atoms with Crippen LogP contribution in [0.5, 0.6) is 0 Å². The van der Waals surface area contributed by atoms with Crippen LogP contribution in [-0.4, -0.2) is 20.9 Å². The van der Waals surface area contributed by atoms with E-state index in [1.54, 1.807) is 10.7 Å². The molecule has 0 fully saturated rings. The molecule has 1 N–H and O–H groups in total. The van der Waals surface area contributed by atoms with Crippen LogP contribution in [0.2, 0.25) is 5.02 Å². The average Bonchev–Trinajstić information content (AvgIpc) is 2.89. The molecule has 1 aromatic carbocycles. The van der Waals surface area contributed by atoms with E-state index in [0.29, 0.717) is 10.6 Å². The molecule has 1 aliphatic heterocycles. The fourth-order valence-electron chi connectivity index (χ4n) is 2.43. The lowest BCUT2D eigenvalue weighted by atomic mass is 10.0. The molecule has 2 aromatic rings. The zero-order valence-electron chi connectivity index (χ0n) is 9.56. The summed E-state index contributed by atoms with van der Waals surface area (Å²) in [4.78, 5) is 11.3. The Kier molecular flexibility index (Phi) is 2.59. The molecule has 0 saturated carbocycles. The van der Waals surface area contributed by atoms with E-state index in [-0.39, 0.29) is 5.69 Å². The SMILES string of the molecule is O=C(O)c1nn2c(c1-c1ccccc1Cl)CCC2. The highest BCUT2D eigenvalue weighted by Crippen LogP contribution is 2.35. The van der Waals surface area contributed by atoms with Crippen LogP contribution >= 0.6 is 11.6 Å². The minimum absolute atomic E-state index is 0.0952. The van der Waals surface area contributed by atoms with Gasteiger partial charge in [0.1, 0.15) is 0 Å². The fraction of sp³-hybridized carbons (Fsp3) is 0.231. The zero-order chi connectivity index (χ0) is 12.7. The summed E-state index contributed by atoms with van der Waals surface area (Å²) in [5.41, 5.74) is 2.49. The Morgan fingerprint density at radius 2 is 2.17 bits per heavy atom. The highest BCUT2D eigenvalue weighted by Gasteiger charge is 2.27. The first-order valence-electron chi connectivity index (χ1n) is 5.76. The lowest BCUT2D eigenvalue weighted by molar-refractivity contribution is 0.0690. The summed E-state index contributed by atoms with van der Waals surface area (Å²) in [6.45, 7) is 0.778. The molecule has 3 rings (SSSR count). The maximum absolute atomic E-state index is 11.3. The topological polar surface area (TPSA) is 55.1 Å². The van der Waals surface area contributed by atoms with Crippen molar-refractivity contribution in [2.24, 2.45) is 0 Å². The van der Waals surface area contributed by atoms with E-state index in [2.05, 4.69) is 5.10 Å². The van der Waals surface area contributed by atoms with E-state index < -0.39 is 5.97 Å². The van der Waals surface area contributed by atoms with E-state index >= 15 is 0 Å². The Morgan fingerprint density at radius 3 is 2.89 bits per heavy atom. The van der Waals surface area contributed by atoms with Crippen LogP contribution in [0, 0.1) is 0 Å². The number of carboxylic acid groups (broad SMARTS) is 1. The van der Waals surface area contributed by atoms with Gasteiger partial charge in [0.2, 0.25) is 0 Å². The third kappa shape index (κ3) is 1.61. The number of halogens is 1. The van der Waals surface area contributed by atoms with Crippen molar-refractivity contribution in [3.05, 3.63) is 40.7 Å². The number of nitrogens with zero attached hydrogens (tertiary/aromatic N) is 2. The molecule has 0 saturated heterocycles. The second-order valence-electron chi connectivity index (χ2n) is 4.28. The van der Waals surface area contributed by atoms with Crippen molar-refractivity contribution in [3.8, 4) is 11.1 Å². The summed E-state index contributed by atoms with van der Waals surface area (Å²) in [5, 5.41) is 14.0. The maximum Gasteiger partial charge on any atom is 0.357 e. The second kappa shape index (κ2) is 4.14. The molecule has 18 heavy (non-hydrogen) atoms. The Labute approximate surface area is 109 Å². The molecule has 4 nitrogen and oxygen atoms in total. The van der Waals surface area contributed by atoms with Gasteiger partial charge in [0.25, 0.3) is 0 Å². The molecular weight excluding hydrogens is 252 g/mol. The molecule has 0 radical (unpaired) electrons. The summed E-state index contributed by atoms with van der Waals surface area (Å²) in [7, 11) is 0. The third-order valence-corrected chi connectivity index (χ3v) is 3.52. The normalized spacial score (nSPS) is 13.6. The average molecular weight is 263 g/mol. The number of carbonyl (C=O) groups is 1. The number of hydrogen-bond acceptors (Lipinski definition) is 2. The predicted octanol–water partition coefficient (Wildman–Crippen LogP) is 2.85. The molecule has 1 aliphatic rings. The van der Waals surface area contributed by atoms with Crippen LogP contribution in [0.4, 0.5) is 0 Å². The van der Waals surface area contributed by atoms with Crippen LogP contribution in [0.1, 0.15) is 22.6 Å². The standard InChI is InChI=1S/C13H11ClN2O2/c14-9-5-2-1-4-8(9)11-10-6-3-7-16(10)15-12(11)13(17)18/h1-2,4-5H,3,6-7H2,(H,17,18). The minimum Gasteiger partial charge on any atom is -0.476 e. The molecule has 5 heteroatoms. The van der Waals surface area contributed by atoms with Crippen molar-refractivity contribution in [2.75, 3.05) is 0 Å². The van der Waals surface area contributed by atoms with Crippen molar-refractivity contribution in [3.63, 3.8) is 0 Å². The van der Waals surface area contributed by atoms with Crippen molar-refractivity contribution in [2.45, 2.75) is 19.4 Å². The number of aromatic carboxylic acids is 1. The van der Waals surface area contributed by atoms with E-state index in [9.17, 15) is 9.90 Å². The van der Waals surface area contributed by atoms with Gasteiger partial charge in [-0.3, -0.25) is 4.68 Å². The number of carboxylic acids is 1. The Bertz CT molecular complexity index is 634. The number of aromatic nitrogens is 2. The molecule has 0 aliphatic carbocycles. The highest BCUT2D eigenvalue weighted by molar-refractivity contribution is 6.33. The van der Waals surface area contributed by atoms with Gasteiger partial charge in [-0.05, 0) is 18.9 Å². The van der Waals surface area contributed by atoms with E-state index in [4.69, 9.17) is 11.6 Å². The molecule has 0 unspecified atom stereocenters. The molecule has 92 valence electrons. The van der Waals surface area contributed by atoms with Gasteiger partial charge in [0.15, 0.2) is 5.69 Å². The predicted molar refractivity (Wildman–Crippen MR) is 68.0 cm³/mol. The molecule has 0 bridgehead atoms. The fourth-order valence-corrected chi connectivity index (χ4v) is 2.66. The summed E-state index contributed by atoms with van der Waals surface area (Å²) in [6.07, 6.45) is 1.85. The largest absolute Gasteiger partial charge is 0.476 e. The number of aryl methyl sites for hydroxylation is 1. The Hall–Kier alpha value is -1.81. The van der Waals surface area contributed by atoms with Gasteiger partial charge in [0, 0.05) is 28.4 Å². The van der Waals surface area contributed by atoms with E-state index in [0.717, 1.165) is 30.6 Å². The Morgan fingerprint density at radius 1 is 1.39 bits per heavy atom. The van der Waals surface area contributed by atoms with Gasteiger partial charge < -0.3 is 5.11 Å². The van der Waals surface area contributed by atoms with E-state index in [1.807, 2.05) is 18.2 Å². The summed E-state index contributed by atoms with van der Waals surface area (Å²) >= 11 is 6.16. The van der Waals surface area contributed by atoms with Gasteiger partial charge in [-0.15, -0.1) is 0 Å². The van der Waals surface area contributed by atoms with Crippen molar-refractivity contribution in [1.82, 2.24) is 9.78 Å². The van der Waals surface area contributed by atoms with Gasteiger partial charge >= 0.3 is 5.97 Å². The molecule has 0 spiro atoms. The van der Waals surface area contributed by atoms with Crippen LogP contribution in [-0.2, 0) is 13.0 Å². The Balaban J connectivity index is 2.28. The highest BCUT2D eigenvalue weighted by atomic mass is 35.5. The first-order chi connectivity index (χ1) is 8.68. The summed E-state index contributed by atoms with van der Waals surface area (Å²) < 4.78 is 1.78. The maximum atomic E-state index is 11.3.